The molecule has 0 fully saturated rings. The fraction of sp³-hybridized carbons (Fsp3) is 0.182. The summed E-state index contributed by atoms with van der Waals surface area (Å²) in [6.07, 6.45) is 1.39. The molecule has 1 aromatic carbocycles. The van der Waals surface area contributed by atoms with E-state index >= 15 is 0 Å². The Hall–Kier alpha value is -1.86. The highest BCUT2D eigenvalue weighted by Gasteiger charge is 2.14. The van der Waals surface area contributed by atoms with Crippen molar-refractivity contribution in [3.63, 3.8) is 0 Å². The number of hydrogen-bond donors (Lipinski definition) is 2. The van der Waals surface area contributed by atoms with Crippen LogP contribution in [0.15, 0.2) is 46.0 Å². The molecule has 0 amide bonds. The van der Waals surface area contributed by atoms with Crippen LogP contribution in [-0.4, -0.2) is 20.6 Å². The number of nitrogens with zero attached hydrogens (tertiary/aromatic N) is 1. The van der Waals surface area contributed by atoms with Gasteiger partial charge < -0.3 is 9.84 Å². The molecule has 96 valence electrons. The van der Waals surface area contributed by atoms with E-state index in [1.54, 1.807) is 31.3 Å². The number of benzene rings is 1. The SMILES string of the molecule is CNc1cccc(S(=O)(=O)NCc2ccon2)c1. The predicted molar refractivity (Wildman–Crippen MR) is 66.5 cm³/mol. The van der Waals surface area contributed by atoms with E-state index < -0.39 is 10.0 Å². The molecule has 1 aromatic heterocycles. The third kappa shape index (κ3) is 2.88. The molecule has 0 saturated heterocycles. The number of rotatable bonds is 5. The Morgan fingerprint density at radius 1 is 1.33 bits per heavy atom. The Labute approximate surface area is 105 Å². The van der Waals surface area contributed by atoms with Crippen molar-refractivity contribution in [1.82, 2.24) is 9.88 Å². The summed E-state index contributed by atoms with van der Waals surface area (Å²) in [4.78, 5) is 0.206. The Morgan fingerprint density at radius 3 is 2.83 bits per heavy atom. The van der Waals surface area contributed by atoms with Crippen LogP contribution in [0.3, 0.4) is 0 Å². The molecule has 0 bridgehead atoms. The van der Waals surface area contributed by atoms with Gasteiger partial charge >= 0.3 is 0 Å². The van der Waals surface area contributed by atoms with E-state index in [9.17, 15) is 8.42 Å². The molecule has 0 saturated carbocycles. The molecule has 0 aliphatic carbocycles. The van der Waals surface area contributed by atoms with E-state index in [4.69, 9.17) is 0 Å². The molecule has 0 unspecified atom stereocenters. The molecule has 0 aliphatic heterocycles. The van der Waals surface area contributed by atoms with Gasteiger partial charge in [0.1, 0.15) is 6.26 Å². The quantitative estimate of drug-likeness (QED) is 0.850. The molecule has 6 nitrogen and oxygen atoms in total. The average Bonchev–Trinajstić information content (AvgIpc) is 2.90. The minimum atomic E-state index is -3.54. The first-order valence-corrected chi connectivity index (χ1v) is 6.77. The zero-order chi connectivity index (χ0) is 13.0. The van der Waals surface area contributed by atoms with Crippen LogP contribution < -0.4 is 10.0 Å². The van der Waals surface area contributed by atoms with Crippen LogP contribution in [0.2, 0.25) is 0 Å². The lowest BCUT2D eigenvalue weighted by atomic mass is 10.3. The van der Waals surface area contributed by atoms with E-state index in [0.29, 0.717) is 5.69 Å². The first-order chi connectivity index (χ1) is 8.62. The molecule has 0 radical (unpaired) electrons. The maximum atomic E-state index is 12.0. The fourth-order valence-corrected chi connectivity index (χ4v) is 2.44. The highest BCUT2D eigenvalue weighted by atomic mass is 32.2. The van der Waals surface area contributed by atoms with Gasteiger partial charge in [0, 0.05) is 18.8 Å². The van der Waals surface area contributed by atoms with Crippen LogP contribution >= 0.6 is 0 Å². The third-order valence-electron chi connectivity index (χ3n) is 2.37. The van der Waals surface area contributed by atoms with Crippen LogP contribution in [0.4, 0.5) is 5.69 Å². The second-order valence-electron chi connectivity index (χ2n) is 3.59. The van der Waals surface area contributed by atoms with Crippen molar-refractivity contribution in [2.75, 3.05) is 12.4 Å². The number of anilines is 1. The number of aromatic nitrogens is 1. The second-order valence-corrected chi connectivity index (χ2v) is 5.36. The summed E-state index contributed by atoms with van der Waals surface area (Å²) >= 11 is 0. The van der Waals surface area contributed by atoms with Crippen molar-refractivity contribution in [3.8, 4) is 0 Å². The van der Waals surface area contributed by atoms with Crippen LogP contribution in [0.1, 0.15) is 5.69 Å². The summed E-state index contributed by atoms with van der Waals surface area (Å²) in [6.45, 7) is 0.0998. The van der Waals surface area contributed by atoms with E-state index in [0.717, 1.165) is 5.69 Å². The first kappa shape index (κ1) is 12.6. The van der Waals surface area contributed by atoms with Gasteiger partial charge in [-0.1, -0.05) is 11.2 Å². The summed E-state index contributed by atoms with van der Waals surface area (Å²) in [5, 5.41) is 6.52. The van der Waals surface area contributed by atoms with Crippen LogP contribution in [0, 0.1) is 0 Å². The lowest BCUT2D eigenvalue weighted by Gasteiger charge is -2.07. The normalized spacial score (nSPS) is 11.4. The molecule has 18 heavy (non-hydrogen) atoms. The fourth-order valence-electron chi connectivity index (χ4n) is 1.40. The molecule has 0 aliphatic rings. The maximum Gasteiger partial charge on any atom is 0.240 e. The summed E-state index contributed by atoms with van der Waals surface area (Å²) in [6, 6.07) is 8.16. The van der Waals surface area contributed by atoms with Crippen molar-refractivity contribution in [2.45, 2.75) is 11.4 Å². The smallest absolute Gasteiger partial charge is 0.240 e. The number of sulfonamides is 1. The standard InChI is InChI=1S/C11H13N3O3S/c1-12-9-3-2-4-11(7-9)18(15,16)13-8-10-5-6-17-14-10/h2-7,12-13H,8H2,1H3. The van der Waals surface area contributed by atoms with Gasteiger partial charge in [0.15, 0.2) is 0 Å². The van der Waals surface area contributed by atoms with Crippen LogP contribution in [0.25, 0.3) is 0 Å². The minimum Gasteiger partial charge on any atom is -0.388 e. The first-order valence-electron chi connectivity index (χ1n) is 5.28. The summed E-state index contributed by atoms with van der Waals surface area (Å²) in [5.41, 5.74) is 1.27. The van der Waals surface area contributed by atoms with Gasteiger partial charge in [-0.15, -0.1) is 0 Å². The Morgan fingerprint density at radius 2 is 2.17 bits per heavy atom. The lowest BCUT2D eigenvalue weighted by molar-refractivity contribution is 0.411. The number of nitrogens with one attached hydrogen (secondary N) is 2. The third-order valence-corrected chi connectivity index (χ3v) is 3.77. The van der Waals surface area contributed by atoms with Crippen molar-refractivity contribution in [2.24, 2.45) is 0 Å². The average molecular weight is 267 g/mol. The van der Waals surface area contributed by atoms with Crippen molar-refractivity contribution in [3.05, 3.63) is 42.3 Å². The highest BCUT2D eigenvalue weighted by Crippen LogP contribution is 2.14. The molecule has 0 spiro atoms. The van der Waals surface area contributed by atoms with Crippen LogP contribution in [0.5, 0.6) is 0 Å². The molecule has 7 heteroatoms. The van der Waals surface area contributed by atoms with E-state index in [1.807, 2.05) is 0 Å². The summed E-state index contributed by atoms with van der Waals surface area (Å²) in [7, 11) is -1.81. The summed E-state index contributed by atoms with van der Waals surface area (Å²) < 4.78 is 31.1. The van der Waals surface area contributed by atoms with Gasteiger partial charge in [0.25, 0.3) is 0 Å². The topological polar surface area (TPSA) is 84.2 Å². The largest absolute Gasteiger partial charge is 0.388 e. The molecule has 0 atom stereocenters. The Balaban J connectivity index is 2.14. The van der Waals surface area contributed by atoms with Gasteiger partial charge in [0.05, 0.1) is 17.1 Å². The maximum absolute atomic E-state index is 12.0. The Kier molecular flexibility index (Phi) is 3.63. The van der Waals surface area contributed by atoms with E-state index in [-0.39, 0.29) is 11.4 Å². The van der Waals surface area contributed by atoms with Gasteiger partial charge in [-0.25, -0.2) is 13.1 Å². The molecule has 2 N–H and O–H groups in total. The molecular formula is C11H13N3O3S. The zero-order valence-corrected chi connectivity index (χ0v) is 10.6. The van der Waals surface area contributed by atoms with Crippen molar-refractivity contribution >= 4 is 15.7 Å². The molecule has 2 rings (SSSR count). The van der Waals surface area contributed by atoms with Gasteiger partial charge in [0.2, 0.25) is 10.0 Å². The Bertz CT molecular complexity index is 608. The van der Waals surface area contributed by atoms with E-state index in [2.05, 4.69) is 19.7 Å². The summed E-state index contributed by atoms with van der Waals surface area (Å²) in [5.74, 6) is 0. The second kappa shape index (κ2) is 5.19. The molecule has 1 heterocycles. The molecule has 2 aromatic rings. The van der Waals surface area contributed by atoms with E-state index in [1.165, 1.54) is 12.3 Å². The van der Waals surface area contributed by atoms with Gasteiger partial charge in [-0.05, 0) is 18.2 Å². The highest BCUT2D eigenvalue weighted by molar-refractivity contribution is 7.89. The minimum absolute atomic E-state index is 0.0998. The number of hydrogen-bond acceptors (Lipinski definition) is 5. The van der Waals surface area contributed by atoms with Gasteiger partial charge in [-0.3, -0.25) is 0 Å². The van der Waals surface area contributed by atoms with Crippen molar-refractivity contribution < 1.29 is 12.9 Å². The monoisotopic (exact) mass is 267 g/mol. The molecular weight excluding hydrogens is 254 g/mol. The van der Waals surface area contributed by atoms with Gasteiger partial charge in [-0.2, -0.15) is 0 Å². The lowest BCUT2D eigenvalue weighted by Crippen LogP contribution is -2.23. The van der Waals surface area contributed by atoms with Crippen molar-refractivity contribution in [1.29, 1.82) is 0 Å². The van der Waals surface area contributed by atoms with Crippen LogP contribution in [-0.2, 0) is 16.6 Å². The predicted octanol–water partition coefficient (Wildman–Crippen LogP) is 1.19. The zero-order valence-electron chi connectivity index (χ0n) is 9.75.